The quantitative estimate of drug-likeness (QED) is 0.598. The number of benzene rings is 1. The van der Waals surface area contributed by atoms with Crippen LogP contribution in [0.5, 0.6) is 0 Å². The van der Waals surface area contributed by atoms with Crippen LogP contribution in [-0.4, -0.2) is 4.98 Å². The van der Waals surface area contributed by atoms with Gasteiger partial charge in [-0.1, -0.05) is 36.4 Å². The van der Waals surface area contributed by atoms with Crippen molar-refractivity contribution in [3.63, 3.8) is 0 Å². The Morgan fingerprint density at radius 2 is 1.60 bits per heavy atom. The summed E-state index contributed by atoms with van der Waals surface area (Å²) in [4.78, 5) is 3.20. The summed E-state index contributed by atoms with van der Waals surface area (Å²) in [7, 11) is 0. The van der Waals surface area contributed by atoms with E-state index in [1.54, 1.807) is 0 Å². The molecule has 2 nitrogen and oxygen atoms in total. The molecule has 1 aliphatic carbocycles. The molecule has 0 spiro atoms. The highest BCUT2D eigenvalue weighted by molar-refractivity contribution is 5.99. The second-order valence-corrected chi connectivity index (χ2v) is 3.44. The maximum Gasteiger partial charge on any atom is 0.109 e. The largest absolute Gasteiger partial charge is 0.385 e. The van der Waals surface area contributed by atoms with Gasteiger partial charge in [-0.15, -0.1) is 12.4 Å². The summed E-state index contributed by atoms with van der Waals surface area (Å²) in [5.41, 5.74) is 9.32. The number of aromatic nitrogens is 1. The van der Waals surface area contributed by atoms with E-state index in [9.17, 15) is 0 Å². The summed E-state index contributed by atoms with van der Waals surface area (Å²) in [6.07, 6.45) is 0. The summed E-state index contributed by atoms with van der Waals surface area (Å²) in [5.74, 6) is 0.740. The predicted octanol–water partition coefficient (Wildman–Crippen LogP) is 3.28. The number of aromatic amines is 1. The fraction of sp³-hybridized carbons (Fsp3) is 0. The van der Waals surface area contributed by atoms with E-state index in [1.165, 1.54) is 10.9 Å². The standard InChI is InChI=1S/C12H10N2.ClH/c13-12-10-6-3-5-8(10)9-4-1-2-7-11(9)14-12;/h1-7,14H,13H2;1H. The van der Waals surface area contributed by atoms with E-state index in [-0.39, 0.29) is 12.4 Å². The van der Waals surface area contributed by atoms with Gasteiger partial charge in [0.15, 0.2) is 0 Å². The summed E-state index contributed by atoms with van der Waals surface area (Å²) in [6, 6.07) is 14.4. The zero-order valence-electron chi connectivity index (χ0n) is 8.03. The highest BCUT2D eigenvalue weighted by Crippen LogP contribution is 2.34. The zero-order chi connectivity index (χ0) is 9.54. The highest BCUT2D eigenvalue weighted by atomic mass is 35.5. The van der Waals surface area contributed by atoms with Gasteiger partial charge < -0.3 is 10.7 Å². The van der Waals surface area contributed by atoms with Gasteiger partial charge >= 0.3 is 0 Å². The van der Waals surface area contributed by atoms with E-state index in [2.05, 4.69) is 17.1 Å². The second kappa shape index (κ2) is 3.48. The molecule has 1 heterocycles. The Hall–Kier alpha value is -1.67. The molecular weight excluding hydrogens is 208 g/mol. The number of hydrogen-bond donors (Lipinski definition) is 2. The monoisotopic (exact) mass is 218 g/mol. The Labute approximate surface area is 93.9 Å². The van der Waals surface area contributed by atoms with Gasteiger partial charge in [0.25, 0.3) is 0 Å². The van der Waals surface area contributed by atoms with Crippen molar-refractivity contribution < 1.29 is 0 Å². The van der Waals surface area contributed by atoms with Crippen molar-refractivity contribution in [3.8, 4) is 11.1 Å². The normalized spacial score (nSPS) is 10.4. The minimum absolute atomic E-state index is 0. The molecule has 0 saturated heterocycles. The smallest absolute Gasteiger partial charge is 0.109 e. The molecule has 15 heavy (non-hydrogen) atoms. The van der Waals surface area contributed by atoms with Crippen molar-refractivity contribution in [2.24, 2.45) is 0 Å². The topological polar surface area (TPSA) is 41.8 Å². The number of anilines is 1. The fourth-order valence-corrected chi connectivity index (χ4v) is 1.93. The number of fused-ring (bicyclic) bond motifs is 3. The maximum absolute atomic E-state index is 5.91. The Morgan fingerprint density at radius 3 is 2.47 bits per heavy atom. The first-order valence-corrected chi connectivity index (χ1v) is 4.61. The van der Waals surface area contributed by atoms with Crippen LogP contribution in [0.25, 0.3) is 22.0 Å². The Balaban J connectivity index is 0.000000853. The number of halogens is 1. The minimum atomic E-state index is 0. The fourth-order valence-electron chi connectivity index (χ4n) is 1.93. The number of pyridine rings is 1. The molecule has 0 radical (unpaired) electrons. The van der Waals surface area contributed by atoms with Crippen molar-refractivity contribution >= 4 is 29.1 Å². The van der Waals surface area contributed by atoms with Gasteiger partial charge in [0, 0.05) is 16.5 Å². The van der Waals surface area contributed by atoms with Gasteiger partial charge in [0.05, 0.1) is 0 Å². The number of para-hydroxylation sites is 1. The molecule has 76 valence electrons. The number of nitrogen functional groups attached to an aromatic ring is 1. The highest BCUT2D eigenvalue weighted by Gasteiger charge is 2.09. The zero-order valence-corrected chi connectivity index (χ0v) is 8.84. The van der Waals surface area contributed by atoms with Crippen molar-refractivity contribution in [1.82, 2.24) is 4.98 Å². The lowest BCUT2D eigenvalue weighted by atomic mass is 10.1. The van der Waals surface area contributed by atoms with Gasteiger partial charge in [-0.2, -0.15) is 0 Å². The van der Waals surface area contributed by atoms with Crippen LogP contribution in [0.4, 0.5) is 5.82 Å². The van der Waals surface area contributed by atoms with Crippen LogP contribution >= 0.6 is 12.4 Å². The lowest BCUT2D eigenvalue weighted by Crippen LogP contribution is -1.94. The SMILES string of the molecule is Cl.Nc1[nH]c2ccccc2c2cccc1-2. The molecule has 1 aromatic rings. The van der Waals surface area contributed by atoms with Crippen molar-refractivity contribution in [1.29, 1.82) is 0 Å². The summed E-state index contributed by atoms with van der Waals surface area (Å²) >= 11 is 0. The van der Waals surface area contributed by atoms with E-state index in [1.807, 2.05) is 30.3 Å². The molecule has 0 fully saturated rings. The van der Waals surface area contributed by atoms with Crippen LogP contribution in [-0.2, 0) is 0 Å². The molecular formula is C12H11ClN2. The van der Waals surface area contributed by atoms with Crippen LogP contribution in [0.3, 0.4) is 0 Å². The van der Waals surface area contributed by atoms with Gasteiger partial charge in [-0.3, -0.25) is 0 Å². The van der Waals surface area contributed by atoms with E-state index < -0.39 is 0 Å². The lowest BCUT2D eigenvalue weighted by Gasteiger charge is -2.08. The predicted molar refractivity (Wildman–Crippen MR) is 66.6 cm³/mol. The Bertz CT molecular complexity index is 571. The van der Waals surface area contributed by atoms with Gasteiger partial charge in [0.2, 0.25) is 0 Å². The van der Waals surface area contributed by atoms with E-state index in [0.717, 1.165) is 16.9 Å². The van der Waals surface area contributed by atoms with Crippen molar-refractivity contribution in [3.05, 3.63) is 42.5 Å². The van der Waals surface area contributed by atoms with E-state index in [4.69, 9.17) is 5.73 Å². The van der Waals surface area contributed by atoms with Crippen molar-refractivity contribution in [2.75, 3.05) is 5.73 Å². The first-order chi connectivity index (χ1) is 6.86. The number of H-pyrrole nitrogens is 1. The van der Waals surface area contributed by atoms with Crippen LogP contribution < -0.4 is 5.73 Å². The molecule has 3 heteroatoms. The molecule has 0 saturated carbocycles. The summed E-state index contributed by atoms with van der Waals surface area (Å²) in [5, 5.41) is 1.22. The number of nitrogens with one attached hydrogen (secondary N) is 1. The van der Waals surface area contributed by atoms with Crippen LogP contribution in [0.15, 0.2) is 42.5 Å². The van der Waals surface area contributed by atoms with Gasteiger partial charge in [0.1, 0.15) is 5.82 Å². The first kappa shape index (κ1) is 9.87. The molecule has 0 bridgehead atoms. The van der Waals surface area contributed by atoms with E-state index >= 15 is 0 Å². The first-order valence-electron chi connectivity index (χ1n) is 4.61. The van der Waals surface area contributed by atoms with Crippen LogP contribution in [0.2, 0.25) is 0 Å². The third-order valence-corrected chi connectivity index (χ3v) is 2.59. The molecule has 0 aromatic heterocycles. The molecule has 3 rings (SSSR count). The van der Waals surface area contributed by atoms with Gasteiger partial charge in [-0.25, -0.2) is 0 Å². The number of rotatable bonds is 0. The molecule has 0 unspecified atom stereocenters. The minimum Gasteiger partial charge on any atom is -0.385 e. The molecule has 1 aliphatic heterocycles. The average Bonchev–Trinajstić information content (AvgIpc) is 2.67. The van der Waals surface area contributed by atoms with Crippen LogP contribution in [0, 0.1) is 0 Å². The van der Waals surface area contributed by atoms with Crippen LogP contribution in [0.1, 0.15) is 0 Å². The lowest BCUT2D eigenvalue weighted by molar-refractivity contribution is 1.42. The Kier molecular flexibility index (Phi) is 2.29. The molecule has 0 atom stereocenters. The summed E-state index contributed by atoms with van der Waals surface area (Å²) in [6.45, 7) is 0. The van der Waals surface area contributed by atoms with E-state index in [0.29, 0.717) is 0 Å². The Morgan fingerprint density at radius 1 is 0.867 bits per heavy atom. The van der Waals surface area contributed by atoms with Gasteiger partial charge in [-0.05, 0) is 11.6 Å². The second-order valence-electron chi connectivity index (χ2n) is 3.44. The molecule has 3 N–H and O–H groups in total. The number of hydrogen-bond acceptors (Lipinski definition) is 1. The molecule has 1 aromatic carbocycles. The average molecular weight is 219 g/mol. The van der Waals surface area contributed by atoms with Crippen molar-refractivity contribution in [2.45, 2.75) is 0 Å². The maximum atomic E-state index is 5.91. The third kappa shape index (κ3) is 1.34. The number of nitrogens with two attached hydrogens (primary N) is 1. The molecule has 2 aliphatic rings. The molecule has 0 amide bonds. The summed E-state index contributed by atoms with van der Waals surface area (Å²) < 4.78 is 0. The third-order valence-electron chi connectivity index (χ3n) is 2.59.